The highest BCUT2D eigenvalue weighted by molar-refractivity contribution is 7.99. The molecule has 0 amide bonds. The van der Waals surface area contributed by atoms with Crippen LogP contribution in [0.3, 0.4) is 0 Å². The van der Waals surface area contributed by atoms with Gasteiger partial charge in [0.05, 0.1) is 9.79 Å². The van der Waals surface area contributed by atoms with Gasteiger partial charge in [-0.15, -0.1) is 0 Å². The Balaban J connectivity index is 1.46. The maximum Gasteiger partial charge on any atom is 0.148 e. The first-order valence-corrected chi connectivity index (χ1v) is 9.39. The van der Waals surface area contributed by atoms with Gasteiger partial charge in [0.1, 0.15) is 11.6 Å². The second-order valence-corrected chi connectivity index (χ2v) is 7.49. The number of aromatic nitrogens is 2. The average molecular weight is 341 g/mol. The zero-order chi connectivity index (χ0) is 16.4. The Morgan fingerprint density at radius 1 is 0.917 bits per heavy atom. The molecule has 0 radical (unpaired) electrons. The van der Waals surface area contributed by atoms with Crippen LogP contribution in [-0.4, -0.2) is 66.1 Å². The molecule has 2 aliphatic heterocycles. The van der Waals surface area contributed by atoms with Crippen molar-refractivity contribution >= 4 is 23.4 Å². The Morgan fingerprint density at radius 3 is 2.17 bits per heavy atom. The number of anilines is 2. The molecular weight excluding hydrogens is 318 g/mol. The lowest BCUT2D eigenvalue weighted by Gasteiger charge is -2.34. The van der Waals surface area contributed by atoms with Crippen LogP contribution in [0.25, 0.3) is 0 Å². The molecule has 0 saturated carbocycles. The molecule has 0 aliphatic carbocycles. The second kappa shape index (κ2) is 7.09. The maximum absolute atomic E-state index is 4.62. The number of piperazine rings is 1. The Hall–Kier alpha value is -1.63. The van der Waals surface area contributed by atoms with Gasteiger partial charge in [0.15, 0.2) is 0 Å². The molecule has 24 heavy (non-hydrogen) atoms. The fourth-order valence-corrected chi connectivity index (χ4v) is 4.32. The summed E-state index contributed by atoms with van der Waals surface area (Å²) >= 11 is 1.77. The van der Waals surface area contributed by atoms with Gasteiger partial charge in [0.2, 0.25) is 0 Å². The fraction of sp³-hybridized carbons (Fsp3) is 0.444. The van der Waals surface area contributed by atoms with E-state index in [9.17, 15) is 0 Å². The van der Waals surface area contributed by atoms with Crippen molar-refractivity contribution in [1.82, 2.24) is 19.8 Å². The zero-order valence-electron chi connectivity index (χ0n) is 14.1. The lowest BCUT2D eigenvalue weighted by Crippen LogP contribution is -2.45. The molecule has 0 atom stereocenters. The van der Waals surface area contributed by atoms with E-state index in [1.165, 1.54) is 36.0 Å². The van der Waals surface area contributed by atoms with E-state index in [1.807, 2.05) is 24.5 Å². The van der Waals surface area contributed by atoms with Crippen LogP contribution in [0.2, 0.25) is 0 Å². The van der Waals surface area contributed by atoms with E-state index in [-0.39, 0.29) is 0 Å². The van der Waals surface area contributed by atoms with Gasteiger partial charge in [-0.05, 0) is 44.3 Å². The van der Waals surface area contributed by atoms with Crippen molar-refractivity contribution in [1.29, 1.82) is 0 Å². The van der Waals surface area contributed by atoms with Crippen LogP contribution < -0.4 is 4.90 Å². The molecular formula is C18H23N5S. The Morgan fingerprint density at radius 2 is 1.54 bits per heavy atom. The highest BCUT2D eigenvalue weighted by Crippen LogP contribution is 2.45. The van der Waals surface area contributed by atoms with E-state index in [1.54, 1.807) is 11.8 Å². The monoisotopic (exact) mass is 341 g/mol. The Kier molecular flexibility index (Phi) is 4.69. The standard InChI is InChI=1S/C18H23N5S/c1-21-11-13-22(14-12-21)9-4-10-23-17-15(5-2-7-19-17)24-16-6-3-8-20-18(16)23/h2-3,5-8H,4,9-14H2,1H3. The van der Waals surface area contributed by atoms with Gasteiger partial charge in [-0.2, -0.15) is 0 Å². The molecule has 126 valence electrons. The lowest BCUT2D eigenvalue weighted by molar-refractivity contribution is 0.153. The lowest BCUT2D eigenvalue weighted by atomic mass is 10.2. The van der Waals surface area contributed by atoms with Crippen molar-refractivity contribution < 1.29 is 0 Å². The molecule has 2 aromatic rings. The third kappa shape index (κ3) is 3.27. The molecule has 6 heteroatoms. The van der Waals surface area contributed by atoms with E-state index in [0.29, 0.717) is 0 Å². The molecule has 1 fully saturated rings. The number of pyridine rings is 2. The Labute approximate surface area is 147 Å². The third-order valence-corrected chi connectivity index (χ3v) is 5.76. The first-order chi connectivity index (χ1) is 11.8. The molecule has 0 spiro atoms. The quantitative estimate of drug-likeness (QED) is 0.851. The van der Waals surface area contributed by atoms with E-state index in [4.69, 9.17) is 0 Å². The van der Waals surface area contributed by atoms with Crippen LogP contribution in [-0.2, 0) is 0 Å². The molecule has 5 nitrogen and oxygen atoms in total. The van der Waals surface area contributed by atoms with Gasteiger partial charge < -0.3 is 14.7 Å². The predicted molar refractivity (Wildman–Crippen MR) is 98.2 cm³/mol. The smallest absolute Gasteiger partial charge is 0.148 e. The summed E-state index contributed by atoms with van der Waals surface area (Å²) in [6.07, 6.45) is 4.88. The Bertz CT molecular complexity index is 654. The molecule has 2 aliphatic rings. The highest BCUT2D eigenvalue weighted by atomic mass is 32.2. The van der Waals surface area contributed by atoms with Crippen LogP contribution >= 0.6 is 11.8 Å². The fourth-order valence-electron chi connectivity index (χ4n) is 3.28. The molecule has 0 aromatic carbocycles. The molecule has 0 unspecified atom stereocenters. The molecule has 4 rings (SSSR count). The van der Waals surface area contributed by atoms with E-state index in [0.717, 1.165) is 31.1 Å². The van der Waals surface area contributed by atoms with Crippen molar-refractivity contribution in [2.45, 2.75) is 16.2 Å². The van der Waals surface area contributed by atoms with Crippen LogP contribution in [0.5, 0.6) is 0 Å². The first kappa shape index (κ1) is 15.9. The van der Waals surface area contributed by atoms with Crippen molar-refractivity contribution in [3.05, 3.63) is 36.7 Å². The third-order valence-electron chi connectivity index (χ3n) is 4.68. The molecule has 0 bridgehead atoms. The van der Waals surface area contributed by atoms with E-state index in [2.05, 4.69) is 43.8 Å². The van der Waals surface area contributed by atoms with Gasteiger partial charge in [0.25, 0.3) is 0 Å². The highest BCUT2D eigenvalue weighted by Gasteiger charge is 2.25. The number of rotatable bonds is 4. The number of likely N-dealkylation sites (N-methyl/N-ethyl adjacent to an activating group) is 1. The van der Waals surface area contributed by atoms with Gasteiger partial charge in [0, 0.05) is 45.1 Å². The van der Waals surface area contributed by atoms with E-state index < -0.39 is 0 Å². The second-order valence-electron chi connectivity index (χ2n) is 6.40. The minimum Gasteiger partial charge on any atom is -0.309 e. The SMILES string of the molecule is CN1CCN(CCCN2c3ncccc3Sc3cccnc32)CC1. The van der Waals surface area contributed by atoms with Gasteiger partial charge in [-0.1, -0.05) is 11.8 Å². The number of hydrogen-bond donors (Lipinski definition) is 0. The number of hydrogen-bond acceptors (Lipinski definition) is 6. The summed E-state index contributed by atoms with van der Waals surface area (Å²) in [5, 5.41) is 0. The largest absolute Gasteiger partial charge is 0.309 e. The zero-order valence-corrected chi connectivity index (χ0v) is 14.9. The van der Waals surface area contributed by atoms with Crippen LogP contribution in [0.15, 0.2) is 46.5 Å². The minimum absolute atomic E-state index is 0.959. The van der Waals surface area contributed by atoms with Gasteiger partial charge >= 0.3 is 0 Å². The molecule has 2 aromatic heterocycles. The number of nitrogens with zero attached hydrogens (tertiary/aromatic N) is 5. The first-order valence-electron chi connectivity index (χ1n) is 8.57. The van der Waals surface area contributed by atoms with Gasteiger partial charge in [-0.25, -0.2) is 9.97 Å². The summed E-state index contributed by atoms with van der Waals surface area (Å²) in [6.45, 7) is 6.80. The van der Waals surface area contributed by atoms with Gasteiger partial charge in [-0.3, -0.25) is 0 Å². The molecule has 1 saturated heterocycles. The minimum atomic E-state index is 0.959. The number of fused-ring (bicyclic) bond motifs is 2. The molecule has 0 N–H and O–H groups in total. The van der Waals surface area contributed by atoms with Crippen molar-refractivity contribution in [3.63, 3.8) is 0 Å². The maximum atomic E-state index is 4.62. The summed E-state index contributed by atoms with van der Waals surface area (Å²) in [5.74, 6) is 2.10. The van der Waals surface area contributed by atoms with Crippen LogP contribution in [0.1, 0.15) is 6.42 Å². The van der Waals surface area contributed by atoms with Crippen molar-refractivity contribution in [2.24, 2.45) is 0 Å². The summed E-state index contributed by atoms with van der Waals surface area (Å²) in [6, 6.07) is 8.32. The van der Waals surface area contributed by atoms with Crippen LogP contribution in [0.4, 0.5) is 11.6 Å². The normalized spacial score (nSPS) is 18.3. The van der Waals surface area contributed by atoms with E-state index >= 15 is 0 Å². The van der Waals surface area contributed by atoms with Crippen molar-refractivity contribution in [2.75, 3.05) is 51.2 Å². The average Bonchev–Trinajstić information content (AvgIpc) is 2.63. The summed E-state index contributed by atoms with van der Waals surface area (Å²) < 4.78 is 0. The topological polar surface area (TPSA) is 35.5 Å². The van der Waals surface area contributed by atoms with Crippen LogP contribution in [0, 0.1) is 0 Å². The predicted octanol–water partition coefficient (Wildman–Crippen LogP) is 2.72. The summed E-state index contributed by atoms with van der Waals surface area (Å²) in [5.41, 5.74) is 0. The summed E-state index contributed by atoms with van der Waals surface area (Å²) in [7, 11) is 2.20. The summed E-state index contributed by atoms with van der Waals surface area (Å²) in [4.78, 5) is 18.9. The molecule has 4 heterocycles. The van der Waals surface area contributed by atoms with Crippen molar-refractivity contribution in [3.8, 4) is 0 Å².